The molecule has 0 aromatic rings. The summed E-state index contributed by atoms with van der Waals surface area (Å²) in [5, 5.41) is 0. The fraction of sp³-hybridized carbons (Fsp3) is 1.00. The Bertz CT molecular complexity index is 121. The average molecular weight is 213 g/mol. The van der Waals surface area contributed by atoms with Crippen LogP contribution in [0.2, 0.25) is 0 Å². The van der Waals surface area contributed by atoms with Crippen LogP contribution in [0.25, 0.3) is 0 Å². The Balaban J connectivity index is 2.45. The smallest absolute Gasteiger partial charge is 0.377 e. The van der Waals surface area contributed by atoms with E-state index in [1.807, 2.05) is 0 Å². The first-order valence-corrected chi connectivity index (χ1v) is 6.26. The van der Waals surface area contributed by atoms with E-state index in [1.54, 1.807) is 7.11 Å². The fourth-order valence-corrected chi connectivity index (χ4v) is 3.07. The van der Waals surface area contributed by atoms with E-state index in [4.69, 9.17) is 29.6 Å². The minimum Gasteiger partial charge on any atom is -0.377 e. The molecular formula is C6H13ClO4Si. The van der Waals surface area contributed by atoms with Gasteiger partial charge in [0.25, 0.3) is 0 Å². The Hall–Kier alpha value is 0.347. The van der Waals surface area contributed by atoms with Gasteiger partial charge in [0.1, 0.15) is 0 Å². The van der Waals surface area contributed by atoms with Gasteiger partial charge in [-0.2, -0.15) is 0 Å². The molecule has 1 aliphatic heterocycles. The van der Waals surface area contributed by atoms with Gasteiger partial charge in [0.05, 0.1) is 31.9 Å². The van der Waals surface area contributed by atoms with Gasteiger partial charge in [-0.3, -0.25) is 0 Å². The molecule has 0 spiro atoms. The number of rotatable bonds is 2. The Morgan fingerprint density at radius 3 is 2.25 bits per heavy atom. The standard InChI is InChI=1S/C6H13ClO4Si/c1-8-12(6-7)10-4-2-9-3-5-11-12/h2-6H2,1H3. The Kier molecular flexibility index (Phi) is 4.48. The second-order valence-corrected chi connectivity index (χ2v) is 5.75. The first kappa shape index (κ1) is 10.4. The normalized spacial score (nSPS) is 24.5. The predicted molar refractivity (Wildman–Crippen MR) is 46.2 cm³/mol. The lowest BCUT2D eigenvalue weighted by Gasteiger charge is -2.27. The maximum absolute atomic E-state index is 5.71. The van der Waals surface area contributed by atoms with Gasteiger partial charge in [-0.15, -0.1) is 11.6 Å². The minimum absolute atomic E-state index is 0.295. The van der Waals surface area contributed by atoms with Crippen molar-refractivity contribution in [1.82, 2.24) is 0 Å². The molecule has 0 atom stereocenters. The zero-order valence-electron chi connectivity index (χ0n) is 7.05. The third-order valence-corrected chi connectivity index (χ3v) is 4.79. The molecule has 0 radical (unpaired) electrons. The molecule has 0 bridgehead atoms. The zero-order valence-corrected chi connectivity index (χ0v) is 8.80. The van der Waals surface area contributed by atoms with E-state index in [0.717, 1.165) is 0 Å². The lowest BCUT2D eigenvalue weighted by atomic mass is 10.7. The third-order valence-electron chi connectivity index (χ3n) is 1.57. The van der Waals surface area contributed by atoms with E-state index in [0.29, 0.717) is 31.9 Å². The molecule has 1 aliphatic rings. The molecule has 0 aromatic carbocycles. The van der Waals surface area contributed by atoms with Crippen molar-refractivity contribution in [1.29, 1.82) is 0 Å². The molecule has 12 heavy (non-hydrogen) atoms. The van der Waals surface area contributed by atoms with E-state index in [9.17, 15) is 0 Å². The van der Waals surface area contributed by atoms with Gasteiger partial charge in [-0.25, -0.2) is 0 Å². The summed E-state index contributed by atoms with van der Waals surface area (Å²) in [5.41, 5.74) is 0.295. The number of alkyl halides is 1. The van der Waals surface area contributed by atoms with Crippen molar-refractivity contribution >= 4 is 20.4 Å². The maximum atomic E-state index is 5.71. The van der Waals surface area contributed by atoms with Crippen LogP contribution in [0.15, 0.2) is 0 Å². The molecule has 1 heterocycles. The van der Waals surface area contributed by atoms with Crippen LogP contribution < -0.4 is 0 Å². The molecule has 0 aliphatic carbocycles. The Labute approximate surface area is 78.1 Å². The van der Waals surface area contributed by atoms with Crippen LogP contribution >= 0.6 is 11.6 Å². The summed E-state index contributed by atoms with van der Waals surface area (Å²) in [6.07, 6.45) is 0. The van der Waals surface area contributed by atoms with Crippen molar-refractivity contribution in [3.63, 3.8) is 0 Å². The highest BCUT2D eigenvalue weighted by molar-refractivity contribution is 6.69. The molecule has 4 nitrogen and oxygen atoms in total. The van der Waals surface area contributed by atoms with E-state index in [-0.39, 0.29) is 0 Å². The van der Waals surface area contributed by atoms with Crippen LogP contribution in [0.3, 0.4) is 0 Å². The molecule has 6 heteroatoms. The highest BCUT2D eigenvalue weighted by Crippen LogP contribution is 2.11. The second-order valence-electron chi connectivity index (χ2n) is 2.33. The number of ether oxygens (including phenoxy) is 1. The molecule has 1 rings (SSSR count). The summed E-state index contributed by atoms with van der Waals surface area (Å²) in [5.74, 6) is 0. The van der Waals surface area contributed by atoms with Crippen molar-refractivity contribution in [2.75, 3.05) is 39.0 Å². The lowest BCUT2D eigenvalue weighted by Crippen LogP contribution is -2.49. The molecule has 1 fully saturated rings. The van der Waals surface area contributed by atoms with Crippen LogP contribution in [-0.4, -0.2) is 47.8 Å². The Morgan fingerprint density at radius 2 is 1.83 bits per heavy atom. The van der Waals surface area contributed by atoms with Crippen LogP contribution in [0.1, 0.15) is 0 Å². The first-order valence-electron chi connectivity index (χ1n) is 3.80. The molecule has 1 saturated heterocycles. The lowest BCUT2D eigenvalue weighted by molar-refractivity contribution is -0.00662. The maximum Gasteiger partial charge on any atom is 0.516 e. The van der Waals surface area contributed by atoms with Crippen LogP contribution in [0, 0.1) is 0 Å². The molecular weight excluding hydrogens is 200 g/mol. The van der Waals surface area contributed by atoms with Gasteiger partial charge >= 0.3 is 8.80 Å². The zero-order chi connectivity index (χ0) is 8.86. The van der Waals surface area contributed by atoms with Crippen molar-refractivity contribution in [3.05, 3.63) is 0 Å². The molecule has 0 saturated carbocycles. The van der Waals surface area contributed by atoms with E-state index < -0.39 is 8.80 Å². The molecule has 72 valence electrons. The minimum atomic E-state index is -2.53. The summed E-state index contributed by atoms with van der Waals surface area (Å²) in [7, 11) is -0.961. The van der Waals surface area contributed by atoms with Gasteiger partial charge in [-0.05, 0) is 0 Å². The molecule has 0 aromatic heterocycles. The van der Waals surface area contributed by atoms with Gasteiger partial charge in [0, 0.05) is 7.11 Å². The molecule has 0 N–H and O–H groups in total. The average Bonchev–Trinajstić information content (AvgIpc) is 2.06. The van der Waals surface area contributed by atoms with E-state index in [2.05, 4.69) is 0 Å². The highest BCUT2D eigenvalue weighted by Gasteiger charge is 2.39. The van der Waals surface area contributed by atoms with Gasteiger partial charge in [0.2, 0.25) is 0 Å². The van der Waals surface area contributed by atoms with Gasteiger partial charge in [0.15, 0.2) is 0 Å². The summed E-state index contributed by atoms with van der Waals surface area (Å²) in [4.78, 5) is 0. The third kappa shape index (κ3) is 2.69. The van der Waals surface area contributed by atoms with E-state index in [1.165, 1.54) is 0 Å². The monoisotopic (exact) mass is 212 g/mol. The summed E-state index contributed by atoms with van der Waals surface area (Å²) in [6.45, 7) is 2.15. The first-order chi connectivity index (χ1) is 5.83. The summed E-state index contributed by atoms with van der Waals surface area (Å²) < 4.78 is 21.1. The van der Waals surface area contributed by atoms with Crippen molar-refractivity contribution in [3.8, 4) is 0 Å². The van der Waals surface area contributed by atoms with Crippen LogP contribution in [0.5, 0.6) is 0 Å². The SMILES string of the molecule is CO[Si]1(CCl)OCCOCCO1. The number of hydrogen-bond acceptors (Lipinski definition) is 4. The van der Waals surface area contributed by atoms with Crippen molar-refractivity contribution in [2.45, 2.75) is 0 Å². The highest BCUT2D eigenvalue weighted by atomic mass is 35.5. The Morgan fingerprint density at radius 1 is 1.25 bits per heavy atom. The molecule has 0 amide bonds. The topological polar surface area (TPSA) is 36.9 Å². The summed E-state index contributed by atoms with van der Waals surface area (Å²) >= 11 is 5.71. The largest absolute Gasteiger partial charge is 0.516 e. The number of hydrogen-bond donors (Lipinski definition) is 0. The molecule has 0 unspecified atom stereocenters. The quantitative estimate of drug-likeness (QED) is 0.491. The van der Waals surface area contributed by atoms with Crippen molar-refractivity contribution in [2.24, 2.45) is 0 Å². The van der Waals surface area contributed by atoms with Crippen LogP contribution in [-0.2, 0) is 18.0 Å². The number of halogens is 1. The van der Waals surface area contributed by atoms with Gasteiger partial charge < -0.3 is 18.0 Å². The fourth-order valence-electron chi connectivity index (χ4n) is 0.905. The van der Waals surface area contributed by atoms with Gasteiger partial charge in [-0.1, -0.05) is 0 Å². The van der Waals surface area contributed by atoms with E-state index >= 15 is 0 Å². The summed E-state index contributed by atoms with van der Waals surface area (Å²) in [6, 6.07) is 0. The van der Waals surface area contributed by atoms with Crippen molar-refractivity contribution < 1.29 is 18.0 Å². The predicted octanol–water partition coefficient (Wildman–Crippen LogP) is 0.413. The van der Waals surface area contributed by atoms with Crippen LogP contribution in [0.4, 0.5) is 0 Å². The second kappa shape index (κ2) is 5.16.